The van der Waals surface area contributed by atoms with Crippen LogP contribution in [0.25, 0.3) is 76.3 Å². The van der Waals surface area contributed by atoms with Crippen molar-refractivity contribution < 1.29 is 8.78 Å². The minimum atomic E-state index is -0.192. The van der Waals surface area contributed by atoms with Gasteiger partial charge in [0.25, 0.3) is 0 Å². The third-order valence-electron chi connectivity index (χ3n) is 11.9. The molecule has 0 radical (unpaired) electrons. The Balaban J connectivity index is 0.000000491. The van der Waals surface area contributed by atoms with Crippen molar-refractivity contribution in [3.05, 3.63) is 249 Å². The number of hydrogen-bond donors (Lipinski definition) is 7. The molecule has 0 aliphatic rings. The van der Waals surface area contributed by atoms with Gasteiger partial charge in [-0.1, -0.05) is 192 Å². The fourth-order valence-electron chi connectivity index (χ4n) is 7.83. The molecule has 87 heavy (non-hydrogen) atoms. The standard InChI is InChI=1S/C12H15N.2C8H6BrN.2C8H6ClN.2C8H6FN.7C2H6/c1-3-9(2)10-4-5-12-11(8-10)6-7-13-12;9-7-1-2-8-6(5-7)3-4-10-8;9-7-3-1-2-6-4-5-10-8(6)7;9-7-1-2-8-6(5-7)3-4-10-8;9-7-3-1-2-6-4-5-10-8(6)7;9-7-1-2-8-6(5-7)3-4-10-8;9-7-3-1-2-6-4-5-10-8(6)7;7*1-2/h4-9,13H,3H2,1-2H3;6*1-5,10H;7*1-2H3. The molecule has 7 aromatic heterocycles. The molecule has 0 saturated carbocycles. The van der Waals surface area contributed by atoms with Crippen LogP contribution in [-0.4, -0.2) is 34.9 Å². The molecule has 7 heterocycles. The lowest BCUT2D eigenvalue weighted by molar-refractivity contribution is 0.629. The first-order valence-corrected chi connectivity index (χ1v) is 32.8. The highest BCUT2D eigenvalue weighted by Gasteiger charge is 2.04. The number of halogens is 6. The number of benzene rings is 7. The molecule has 14 rings (SSSR count). The molecule has 0 saturated heterocycles. The molecule has 13 heteroatoms. The predicted octanol–water partition coefficient (Wildman–Crippen LogP) is 27.0. The molecule has 0 fully saturated rings. The number of nitrogens with one attached hydrogen (secondary N) is 7. The summed E-state index contributed by atoms with van der Waals surface area (Å²) >= 11 is 18.5. The molecular weight excluding hydrogens is 1260 g/mol. The van der Waals surface area contributed by atoms with Gasteiger partial charge in [0, 0.05) is 112 Å². The first-order valence-electron chi connectivity index (χ1n) is 30.4. The zero-order valence-electron chi connectivity index (χ0n) is 53.8. The van der Waals surface area contributed by atoms with E-state index in [-0.39, 0.29) is 11.6 Å². The zero-order chi connectivity index (χ0) is 65.1. The molecule has 0 aliphatic carbocycles. The van der Waals surface area contributed by atoms with E-state index >= 15 is 0 Å². The third kappa shape index (κ3) is 25.5. The van der Waals surface area contributed by atoms with Crippen LogP contribution in [0.1, 0.15) is 129 Å². The van der Waals surface area contributed by atoms with E-state index in [0.717, 1.165) is 57.1 Å². The molecule has 0 amide bonds. The quantitative estimate of drug-likeness (QED) is 0.0895. The van der Waals surface area contributed by atoms with Crippen LogP contribution in [0.5, 0.6) is 0 Å². The molecule has 7 nitrogen and oxygen atoms in total. The monoisotopic (exact) mass is 1350 g/mol. The van der Waals surface area contributed by atoms with Gasteiger partial charge in [0.1, 0.15) is 11.6 Å². The van der Waals surface area contributed by atoms with Crippen LogP contribution in [0.4, 0.5) is 8.78 Å². The van der Waals surface area contributed by atoms with Crippen LogP contribution in [0.15, 0.2) is 222 Å². The summed E-state index contributed by atoms with van der Waals surface area (Å²) in [6.45, 7) is 32.5. The van der Waals surface area contributed by atoms with Gasteiger partial charge in [-0.05, 0) is 167 Å². The SMILES string of the molecule is Brc1ccc2[nH]ccc2c1.Brc1cccc2cc[nH]c12.CC.CC.CC.CC.CC.CC.CC.CCC(C)c1ccc2[nH]ccc2c1.Clc1ccc2[nH]ccc2c1.Clc1cccc2cc[nH]c12.Fc1ccc2[nH]ccc2c1.Fc1cccc2cc[nH]c12. The maximum absolute atomic E-state index is 12.8. The van der Waals surface area contributed by atoms with E-state index in [1.54, 1.807) is 24.5 Å². The van der Waals surface area contributed by atoms with E-state index in [2.05, 4.69) is 135 Å². The van der Waals surface area contributed by atoms with Crippen molar-refractivity contribution >= 4 is 131 Å². The lowest BCUT2D eigenvalue weighted by atomic mass is 9.98. The second-order valence-corrected chi connectivity index (χ2v) is 19.4. The van der Waals surface area contributed by atoms with Crippen LogP contribution in [0, 0.1) is 11.6 Å². The smallest absolute Gasteiger partial charge is 0.147 e. The van der Waals surface area contributed by atoms with Gasteiger partial charge in [0.2, 0.25) is 0 Å². The molecule has 1 atom stereocenters. The molecule has 7 aromatic carbocycles. The molecule has 1 unspecified atom stereocenters. The van der Waals surface area contributed by atoms with Gasteiger partial charge in [-0.3, -0.25) is 0 Å². The van der Waals surface area contributed by atoms with Crippen molar-refractivity contribution in [3.8, 4) is 0 Å². The minimum absolute atomic E-state index is 0.188. The van der Waals surface area contributed by atoms with Crippen LogP contribution in [-0.2, 0) is 0 Å². The van der Waals surface area contributed by atoms with E-state index in [9.17, 15) is 8.78 Å². The van der Waals surface area contributed by atoms with Crippen LogP contribution in [0.2, 0.25) is 10.0 Å². The number of para-hydroxylation sites is 3. The summed E-state index contributed by atoms with van der Waals surface area (Å²) in [6, 6.07) is 54.2. The predicted molar refractivity (Wildman–Crippen MR) is 392 cm³/mol. The number of H-pyrrole nitrogens is 7. The molecule has 0 bridgehead atoms. The largest absolute Gasteiger partial charge is 0.361 e. The van der Waals surface area contributed by atoms with E-state index in [4.69, 9.17) is 23.2 Å². The van der Waals surface area contributed by atoms with E-state index in [1.165, 1.54) is 62.9 Å². The molecular formula is C74H93Br2Cl2F2N7. The number of hydrogen-bond acceptors (Lipinski definition) is 0. The number of fused-ring (bicyclic) bond motifs is 7. The zero-order valence-corrected chi connectivity index (χ0v) is 58.4. The van der Waals surface area contributed by atoms with Crippen LogP contribution >= 0.6 is 55.1 Å². The number of aromatic amines is 7. The molecule has 7 N–H and O–H groups in total. The molecule has 14 aromatic rings. The summed E-state index contributed by atoms with van der Waals surface area (Å²) in [7, 11) is 0. The number of aromatic nitrogens is 7. The normalized spacial score (nSPS) is 9.72. The molecule has 0 spiro atoms. The van der Waals surface area contributed by atoms with Gasteiger partial charge in [-0.15, -0.1) is 0 Å². The fourth-order valence-corrected chi connectivity index (χ4v) is 9.12. The van der Waals surface area contributed by atoms with E-state index < -0.39 is 0 Å². The van der Waals surface area contributed by atoms with Gasteiger partial charge in [0.05, 0.1) is 21.6 Å². The van der Waals surface area contributed by atoms with Crippen molar-refractivity contribution in [1.29, 1.82) is 0 Å². The highest BCUT2D eigenvalue weighted by molar-refractivity contribution is 9.11. The Morgan fingerprint density at radius 3 is 1.24 bits per heavy atom. The molecule has 0 aliphatic heterocycles. The maximum Gasteiger partial charge on any atom is 0.147 e. The lowest BCUT2D eigenvalue weighted by Gasteiger charge is -2.08. The second-order valence-electron chi connectivity index (χ2n) is 16.8. The minimum Gasteiger partial charge on any atom is -0.361 e. The van der Waals surface area contributed by atoms with E-state index in [1.807, 2.05) is 213 Å². The Kier molecular flexibility index (Phi) is 41.1. The number of rotatable bonds is 2. The summed E-state index contributed by atoms with van der Waals surface area (Å²) in [5, 5.41) is 9.52. The lowest BCUT2D eigenvalue weighted by Crippen LogP contribution is -1.89. The Morgan fingerprint density at radius 2 is 0.747 bits per heavy atom. The molecule has 466 valence electrons. The second kappa shape index (κ2) is 46.0. The average molecular weight is 1350 g/mol. The summed E-state index contributed by atoms with van der Waals surface area (Å²) in [5.74, 6) is 0.286. The fraction of sp³-hybridized carbons (Fsp3) is 0.243. The topological polar surface area (TPSA) is 111 Å². The van der Waals surface area contributed by atoms with Gasteiger partial charge in [-0.25, -0.2) is 8.78 Å². The van der Waals surface area contributed by atoms with Crippen molar-refractivity contribution in [1.82, 2.24) is 34.9 Å². The van der Waals surface area contributed by atoms with E-state index in [0.29, 0.717) is 11.4 Å². The van der Waals surface area contributed by atoms with Crippen LogP contribution < -0.4 is 0 Å². The van der Waals surface area contributed by atoms with Gasteiger partial charge in [-0.2, -0.15) is 0 Å². The van der Waals surface area contributed by atoms with Gasteiger partial charge >= 0.3 is 0 Å². The van der Waals surface area contributed by atoms with Gasteiger partial charge in [0.15, 0.2) is 0 Å². The summed E-state index contributed by atoms with van der Waals surface area (Å²) in [4.78, 5) is 21.4. The van der Waals surface area contributed by atoms with Gasteiger partial charge < -0.3 is 34.9 Å². The Bertz CT molecular complexity index is 3610. The average Bonchev–Trinajstić information content (AvgIpc) is 4.60. The highest BCUT2D eigenvalue weighted by atomic mass is 79.9. The van der Waals surface area contributed by atoms with Crippen molar-refractivity contribution in [2.24, 2.45) is 0 Å². The van der Waals surface area contributed by atoms with Crippen molar-refractivity contribution in [3.63, 3.8) is 0 Å². The first kappa shape index (κ1) is 77.7. The Hall–Kier alpha value is -7.28. The maximum atomic E-state index is 12.8. The Morgan fingerprint density at radius 1 is 0.368 bits per heavy atom. The summed E-state index contributed by atoms with van der Waals surface area (Å²) in [6.07, 6.45) is 14.4. The first-order chi connectivity index (χ1) is 42.5. The third-order valence-corrected chi connectivity index (χ3v) is 13.6. The summed E-state index contributed by atoms with van der Waals surface area (Å²) in [5.41, 5.74) is 8.73. The Labute approximate surface area is 543 Å². The summed E-state index contributed by atoms with van der Waals surface area (Å²) < 4.78 is 27.5. The van der Waals surface area contributed by atoms with Crippen molar-refractivity contribution in [2.45, 2.75) is 123 Å². The highest BCUT2D eigenvalue weighted by Crippen LogP contribution is 2.25. The van der Waals surface area contributed by atoms with Crippen LogP contribution in [0.3, 0.4) is 0 Å². The van der Waals surface area contributed by atoms with Crippen molar-refractivity contribution in [2.75, 3.05) is 0 Å².